The molecule has 1 N–H and O–H groups in total. The monoisotopic (exact) mass is 258 g/mol. The third-order valence-corrected chi connectivity index (χ3v) is 2.98. The number of nitrogens with zero attached hydrogens (tertiary/aromatic N) is 3. The van der Waals surface area contributed by atoms with Crippen molar-refractivity contribution in [3.8, 4) is 11.4 Å². The molecule has 6 nitrogen and oxygen atoms in total. The molecule has 1 aliphatic heterocycles. The van der Waals surface area contributed by atoms with Gasteiger partial charge in [-0.05, 0) is 6.42 Å². The quantitative estimate of drug-likeness (QED) is 0.872. The van der Waals surface area contributed by atoms with Crippen LogP contribution in [0.5, 0.6) is 0 Å². The van der Waals surface area contributed by atoms with E-state index in [2.05, 4.69) is 15.5 Å². The van der Waals surface area contributed by atoms with Crippen LogP contribution < -0.4 is 10.2 Å². The minimum absolute atomic E-state index is 0.0167. The van der Waals surface area contributed by atoms with E-state index in [0.29, 0.717) is 18.4 Å². The van der Waals surface area contributed by atoms with Gasteiger partial charge in [0.25, 0.3) is 0 Å². The standard InChI is InChI=1S/C13H14N4O2/c18-11-9-17(8-4-7-14-11)13-15-12(16-19-13)10-5-2-1-3-6-10/h1-3,5-6H,4,7-9H2,(H,14,18). The number of rotatable bonds is 2. The summed E-state index contributed by atoms with van der Waals surface area (Å²) >= 11 is 0. The molecule has 1 aromatic heterocycles. The normalized spacial score (nSPS) is 16.0. The van der Waals surface area contributed by atoms with Crippen molar-refractivity contribution >= 4 is 11.9 Å². The minimum Gasteiger partial charge on any atom is -0.354 e. The number of nitrogens with one attached hydrogen (secondary N) is 1. The fourth-order valence-electron chi connectivity index (χ4n) is 2.02. The third-order valence-electron chi connectivity index (χ3n) is 2.98. The first-order valence-electron chi connectivity index (χ1n) is 6.24. The molecule has 19 heavy (non-hydrogen) atoms. The summed E-state index contributed by atoms with van der Waals surface area (Å²) in [6, 6.07) is 10.0. The van der Waals surface area contributed by atoms with Gasteiger partial charge in [0.15, 0.2) is 0 Å². The highest BCUT2D eigenvalue weighted by atomic mass is 16.5. The first-order chi connectivity index (χ1) is 9.33. The van der Waals surface area contributed by atoms with E-state index in [-0.39, 0.29) is 12.5 Å². The third kappa shape index (κ3) is 2.57. The summed E-state index contributed by atoms with van der Waals surface area (Å²) < 4.78 is 5.25. The highest BCUT2D eigenvalue weighted by molar-refractivity contribution is 5.81. The maximum Gasteiger partial charge on any atom is 0.324 e. The maximum absolute atomic E-state index is 11.5. The molecule has 0 saturated carbocycles. The molecule has 2 aromatic rings. The first kappa shape index (κ1) is 11.7. The molecule has 98 valence electrons. The van der Waals surface area contributed by atoms with Crippen LogP contribution in [0.15, 0.2) is 34.9 Å². The van der Waals surface area contributed by atoms with Gasteiger partial charge in [0.1, 0.15) is 6.54 Å². The van der Waals surface area contributed by atoms with Crippen molar-refractivity contribution in [3.05, 3.63) is 30.3 Å². The number of amides is 1. The number of hydrogen-bond acceptors (Lipinski definition) is 5. The van der Waals surface area contributed by atoms with Crippen molar-refractivity contribution in [3.63, 3.8) is 0 Å². The van der Waals surface area contributed by atoms with Gasteiger partial charge in [-0.15, -0.1) is 0 Å². The van der Waals surface area contributed by atoms with Crippen LogP contribution in [0.3, 0.4) is 0 Å². The summed E-state index contributed by atoms with van der Waals surface area (Å²) in [5.74, 6) is 0.525. The van der Waals surface area contributed by atoms with Crippen LogP contribution in [-0.2, 0) is 4.79 Å². The topological polar surface area (TPSA) is 71.3 Å². The Kier molecular flexibility index (Phi) is 3.14. The molecule has 1 amide bonds. The lowest BCUT2D eigenvalue weighted by molar-refractivity contribution is -0.119. The van der Waals surface area contributed by atoms with Crippen LogP contribution in [0.25, 0.3) is 11.4 Å². The zero-order valence-electron chi connectivity index (χ0n) is 10.4. The first-order valence-corrected chi connectivity index (χ1v) is 6.24. The van der Waals surface area contributed by atoms with Crippen LogP contribution in [0.1, 0.15) is 6.42 Å². The molecule has 0 unspecified atom stereocenters. The van der Waals surface area contributed by atoms with Gasteiger partial charge in [0, 0.05) is 18.7 Å². The van der Waals surface area contributed by atoms with Crippen molar-refractivity contribution in [2.45, 2.75) is 6.42 Å². The smallest absolute Gasteiger partial charge is 0.324 e. The van der Waals surface area contributed by atoms with Crippen molar-refractivity contribution in [1.29, 1.82) is 0 Å². The van der Waals surface area contributed by atoms with E-state index in [1.165, 1.54) is 0 Å². The zero-order valence-corrected chi connectivity index (χ0v) is 10.4. The summed E-state index contributed by atoms with van der Waals surface area (Å²) in [5.41, 5.74) is 0.900. The Morgan fingerprint density at radius 2 is 2.11 bits per heavy atom. The largest absolute Gasteiger partial charge is 0.354 e. The lowest BCUT2D eigenvalue weighted by atomic mass is 10.2. The Bertz CT molecular complexity index is 567. The fraction of sp³-hybridized carbons (Fsp3) is 0.308. The summed E-state index contributed by atoms with van der Waals surface area (Å²) in [4.78, 5) is 17.7. The number of benzene rings is 1. The molecular weight excluding hydrogens is 244 g/mol. The summed E-state index contributed by atoms with van der Waals surface area (Å²) in [5, 5.41) is 6.77. The van der Waals surface area contributed by atoms with Gasteiger partial charge in [-0.2, -0.15) is 4.98 Å². The lowest BCUT2D eigenvalue weighted by Crippen LogP contribution is -2.33. The van der Waals surface area contributed by atoms with Crippen molar-refractivity contribution in [1.82, 2.24) is 15.5 Å². The zero-order chi connectivity index (χ0) is 13.1. The molecule has 1 aromatic carbocycles. The van der Waals surface area contributed by atoms with E-state index in [4.69, 9.17) is 4.52 Å². The van der Waals surface area contributed by atoms with E-state index >= 15 is 0 Å². The molecule has 2 heterocycles. The van der Waals surface area contributed by atoms with Gasteiger partial charge in [0.2, 0.25) is 11.7 Å². The highest BCUT2D eigenvalue weighted by Crippen LogP contribution is 2.19. The number of carbonyl (C=O) groups is 1. The van der Waals surface area contributed by atoms with Crippen LogP contribution in [0.2, 0.25) is 0 Å². The van der Waals surface area contributed by atoms with E-state index in [0.717, 1.165) is 18.5 Å². The predicted molar refractivity (Wildman–Crippen MR) is 69.6 cm³/mol. The van der Waals surface area contributed by atoms with Gasteiger partial charge in [-0.25, -0.2) is 0 Å². The minimum atomic E-state index is -0.0167. The Morgan fingerprint density at radius 3 is 2.95 bits per heavy atom. The van der Waals surface area contributed by atoms with Crippen molar-refractivity contribution < 1.29 is 9.32 Å². The van der Waals surface area contributed by atoms with E-state index in [9.17, 15) is 4.79 Å². The van der Waals surface area contributed by atoms with Gasteiger partial charge < -0.3 is 14.7 Å². The van der Waals surface area contributed by atoms with Gasteiger partial charge in [-0.1, -0.05) is 35.5 Å². The number of carbonyl (C=O) groups excluding carboxylic acids is 1. The molecular formula is C13H14N4O2. The maximum atomic E-state index is 11.5. The van der Waals surface area contributed by atoms with Crippen LogP contribution in [0.4, 0.5) is 6.01 Å². The predicted octanol–water partition coefficient (Wildman–Crippen LogP) is 1.06. The van der Waals surface area contributed by atoms with E-state index < -0.39 is 0 Å². The van der Waals surface area contributed by atoms with Gasteiger partial charge in [-0.3, -0.25) is 4.79 Å². The molecule has 0 aliphatic carbocycles. The average molecular weight is 258 g/mol. The van der Waals surface area contributed by atoms with Gasteiger partial charge >= 0.3 is 6.01 Å². The Hall–Kier alpha value is -2.37. The summed E-state index contributed by atoms with van der Waals surface area (Å²) in [6.45, 7) is 1.68. The lowest BCUT2D eigenvalue weighted by Gasteiger charge is -2.14. The molecule has 1 aliphatic rings. The Morgan fingerprint density at radius 1 is 1.26 bits per heavy atom. The fourth-order valence-corrected chi connectivity index (χ4v) is 2.02. The summed E-state index contributed by atoms with van der Waals surface area (Å²) in [6.07, 6.45) is 0.870. The van der Waals surface area contributed by atoms with Crippen LogP contribution >= 0.6 is 0 Å². The number of hydrogen-bond donors (Lipinski definition) is 1. The number of anilines is 1. The molecule has 6 heteroatoms. The number of aromatic nitrogens is 2. The molecule has 0 atom stereocenters. The van der Waals surface area contributed by atoms with Crippen molar-refractivity contribution in [2.75, 3.05) is 24.5 Å². The molecule has 1 fully saturated rings. The molecule has 1 saturated heterocycles. The molecule has 3 rings (SSSR count). The second-order valence-corrected chi connectivity index (χ2v) is 4.39. The van der Waals surface area contributed by atoms with E-state index in [1.807, 2.05) is 35.2 Å². The molecule has 0 radical (unpaired) electrons. The van der Waals surface area contributed by atoms with Crippen molar-refractivity contribution in [2.24, 2.45) is 0 Å². The molecule has 0 spiro atoms. The second-order valence-electron chi connectivity index (χ2n) is 4.39. The second kappa shape index (κ2) is 5.09. The highest BCUT2D eigenvalue weighted by Gasteiger charge is 2.20. The van der Waals surface area contributed by atoms with Crippen LogP contribution in [-0.4, -0.2) is 35.7 Å². The SMILES string of the molecule is O=C1CN(c2nc(-c3ccccc3)no2)CCCN1. The van der Waals surface area contributed by atoms with Gasteiger partial charge in [0.05, 0.1) is 0 Å². The Labute approximate surface area is 110 Å². The Balaban J connectivity index is 1.82. The van der Waals surface area contributed by atoms with Crippen LogP contribution in [0, 0.1) is 0 Å². The molecule has 0 bridgehead atoms. The summed E-state index contributed by atoms with van der Waals surface area (Å²) in [7, 11) is 0. The van der Waals surface area contributed by atoms with E-state index in [1.54, 1.807) is 0 Å². The average Bonchev–Trinajstić information content (AvgIpc) is 2.83.